The van der Waals surface area contributed by atoms with Crippen LogP contribution in [-0.4, -0.2) is 24.1 Å². The predicted octanol–water partition coefficient (Wildman–Crippen LogP) is 2.65. The van der Waals surface area contributed by atoms with Crippen LogP contribution >= 0.6 is 0 Å². The second kappa shape index (κ2) is 6.47. The number of benzene rings is 1. The van der Waals surface area contributed by atoms with Crippen molar-refractivity contribution >= 4 is 23.4 Å². The zero-order chi connectivity index (χ0) is 15.2. The van der Waals surface area contributed by atoms with E-state index in [9.17, 15) is 14.0 Å². The second-order valence-electron chi connectivity index (χ2n) is 4.02. The molecule has 0 aliphatic carbocycles. The molecule has 1 heterocycles. The number of carbonyl (C=O) groups is 2. The van der Waals surface area contributed by atoms with Crippen LogP contribution in [0.15, 0.2) is 42.6 Å². The fourth-order valence-electron chi connectivity index (χ4n) is 1.59. The standard InChI is InChI=1S/C14H12FN3O3/c1-21-14(20)18-11-4-2-3-10(8-11)17-13(19)9-5-6-16-12(15)7-9/h2-8H,1H3,(H,17,19)(H,18,20). The first-order chi connectivity index (χ1) is 10.1. The molecule has 6 nitrogen and oxygen atoms in total. The molecular formula is C14H12FN3O3. The van der Waals surface area contributed by atoms with Crippen molar-refractivity contribution < 1.29 is 18.7 Å². The molecule has 0 atom stereocenters. The molecular weight excluding hydrogens is 277 g/mol. The van der Waals surface area contributed by atoms with Crippen molar-refractivity contribution in [3.05, 3.63) is 54.1 Å². The van der Waals surface area contributed by atoms with Gasteiger partial charge in [-0.1, -0.05) is 6.07 Å². The largest absolute Gasteiger partial charge is 0.453 e. The average Bonchev–Trinajstić information content (AvgIpc) is 2.47. The quantitative estimate of drug-likeness (QED) is 0.851. The molecule has 2 N–H and O–H groups in total. The number of aromatic nitrogens is 1. The van der Waals surface area contributed by atoms with Crippen LogP contribution in [0.1, 0.15) is 10.4 Å². The van der Waals surface area contributed by atoms with Gasteiger partial charge >= 0.3 is 6.09 Å². The third-order valence-electron chi connectivity index (χ3n) is 2.54. The average molecular weight is 289 g/mol. The van der Waals surface area contributed by atoms with Crippen molar-refractivity contribution in [1.29, 1.82) is 0 Å². The van der Waals surface area contributed by atoms with E-state index in [2.05, 4.69) is 20.4 Å². The first kappa shape index (κ1) is 14.4. The molecule has 1 aromatic carbocycles. The molecule has 2 aromatic rings. The van der Waals surface area contributed by atoms with Crippen LogP contribution in [0.25, 0.3) is 0 Å². The van der Waals surface area contributed by atoms with Crippen LogP contribution in [-0.2, 0) is 4.74 Å². The van der Waals surface area contributed by atoms with Crippen LogP contribution in [0.5, 0.6) is 0 Å². The van der Waals surface area contributed by atoms with E-state index in [4.69, 9.17) is 0 Å². The molecule has 0 saturated heterocycles. The van der Waals surface area contributed by atoms with Crippen molar-refractivity contribution in [1.82, 2.24) is 4.98 Å². The first-order valence-electron chi connectivity index (χ1n) is 5.96. The molecule has 0 radical (unpaired) electrons. The summed E-state index contributed by atoms with van der Waals surface area (Å²) in [5, 5.41) is 5.06. The Morgan fingerprint density at radius 3 is 2.52 bits per heavy atom. The zero-order valence-corrected chi connectivity index (χ0v) is 11.1. The van der Waals surface area contributed by atoms with Crippen molar-refractivity contribution in [3.63, 3.8) is 0 Å². The molecule has 0 unspecified atom stereocenters. The van der Waals surface area contributed by atoms with Gasteiger partial charge in [0.1, 0.15) is 0 Å². The number of carbonyl (C=O) groups excluding carboxylic acids is 2. The van der Waals surface area contributed by atoms with Crippen LogP contribution in [0.2, 0.25) is 0 Å². The lowest BCUT2D eigenvalue weighted by Gasteiger charge is -2.08. The Hall–Kier alpha value is -2.96. The Morgan fingerprint density at radius 2 is 1.86 bits per heavy atom. The minimum Gasteiger partial charge on any atom is -0.453 e. The highest BCUT2D eigenvalue weighted by molar-refractivity contribution is 6.04. The number of hydrogen-bond donors (Lipinski definition) is 2. The Labute approximate surface area is 120 Å². The highest BCUT2D eigenvalue weighted by atomic mass is 19.1. The van der Waals surface area contributed by atoms with Crippen molar-refractivity contribution in [2.75, 3.05) is 17.7 Å². The van der Waals surface area contributed by atoms with E-state index < -0.39 is 17.9 Å². The number of amides is 2. The number of nitrogens with zero attached hydrogens (tertiary/aromatic N) is 1. The summed E-state index contributed by atoms with van der Waals surface area (Å²) in [6.07, 6.45) is 0.592. The number of pyridine rings is 1. The van der Waals surface area contributed by atoms with Crippen molar-refractivity contribution in [3.8, 4) is 0 Å². The summed E-state index contributed by atoms with van der Waals surface area (Å²) in [4.78, 5) is 26.4. The molecule has 0 saturated carbocycles. The summed E-state index contributed by atoms with van der Waals surface area (Å²) in [5.74, 6) is -1.21. The van der Waals surface area contributed by atoms with Gasteiger partial charge in [-0.15, -0.1) is 0 Å². The SMILES string of the molecule is COC(=O)Nc1cccc(NC(=O)c2ccnc(F)c2)c1. The number of halogens is 1. The first-order valence-corrected chi connectivity index (χ1v) is 5.96. The molecule has 7 heteroatoms. The third kappa shape index (κ3) is 4.00. The van der Waals surface area contributed by atoms with E-state index in [1.165, 1.54) is 19.4 Å². The Morgan fingerprint density at radius 1 is 1.14 bits per heavy atom. The lowest BCUT2D eigenvalue weighted by molar-refractivity contribution is 0.102. The van der Waals surface area contributed by atoms with E-state index in [0.29, 0.717) is 11.4 Å². The van der Waals surface area contributed by atoms with E-state index in [1.807, 2.05) is 0 Å². The molecule has 0 aliphatic heterocycles. The smallest absolute Gasteiger partial charge is 0.411 e. The van der Waals surface area contributed by atoms with Gasteiger partial charge in [-0.2, -0.15) is 4.39 Å². The molecule has 2 rings (SSSR count). The minimum absolute atomic E-state index is 0.147. The minimum atomic E-state index is -0.733. The lowest BCUT2D eigenvalue weighted by atomic mass is 10.2. The summed E-state index contributed by atoms with van der Waals surface area (Å²) >= 11 is 0. The number of rotatable bonds is 3. The van der Waals surface area contributed by atoms with Gasteiger partial charge in [0.25, 0.3) is 5.91 Å². The summed E-state index contributed by atoms with van der Waals surface area (Å²) in [6.45, 7) is 0. The highest BCUT2D eigenvalue weighted by Gasteiger charge is 2.08. The monoisotopic (exact) mass is 289 g/mol. The molecule has 0 bridgehead atoms. The van der Waals surface area contributed by atoms with Gasteiger partial charge < -0.3 is 10.1 Å². The molecule has 2 amide bonds. The number of nitrogens with one attached hydrogen (secondary N) is 2. The summed E-state index contributed by atoms with van der Waals surface area (Å²) < 4.78 is 17.4. The normalized spacial score (nSPS) is 9.81. The number of methoxy groups -OCH3 is 1. The maximum atomic E-state index is 13.0. The summed E-state index contributed by atoms with van der Waals surface area (Å²) in [6, 6.07) is 8.90. The highest BCUT2D eigenvalue weighted by Crippen LogP contribution is 2.16. The van der Waals surface area contributed by atoms with Crippen LogP contribution < -0.4 is 10.6 Å². The summed E-state index contributed by atoms with van der Waals surface area (Å²) in [7, 11) is 1.25. The fourth-order valence-corrected chi connectivity index (χ4v) is 1.59. The maximum absolute atomic E-state index is 13.0. The van der Waals surface area contributed by atoms with Gasteiger partial charge in [-0.05, 0) is 24.3 Å². The lowest BCUT2D eigenvalue weighted by Crippen LogP contribution is -2.14. The molecule has 108 valence electrons. The van der Waals surface area contributed by atoms with Crippen molar-refractivity contribution in [2.45, 2.75) is 0 Å². The maximum Gasteiger partial charge on any atom is 0.411 e. The molecule has 21 heavy (non-hydrogen) atoms. The zero-order valence-electron chi connectivity index (χ0n) is 11.1. The van der Waals surface area contributed by atoms with Crippen molar-refractivity contribution in [2.24, 2.45) is 0 Å². The van der Waals surface area contributed by atoms with Gasteiger partial charge in [-0.3, -0.25) is 10.1 Å². The van der Waals surface area contributed by atoms with Gasteiger partial charge in [0, 0.05) is 29.2 Å². The van der Waals surface area contributed by atoms with Gasteiger partial charge in [0.15, 0.2) is 0 Å². The van der Waals surface area contributed by atoms with Crippen LogP contribution in [0, 0.1) is 5.95 Å². The van der Waals surface area contributed by atoms with Gasteiger partial charge in [0.2, 0.25) is 5.95 Å². The van der Waals surface area contributed by atoms with Crippen LogP contribution in [0.3, 0.4) is 0 Å². The summed E-state index contributed by atoms with van der Waals surface area (Å²) in [5.41, 5.74) is 1.06. The Kier molecular flexibility index (Phi) is 4.45. The van der Waals surface area contributed by atoms with Gasteiger partial charge in [0.05, 0.1) is 7.11 Å². The Balaban J connectivity index is 2.11. The Bertz CT molecular complexity index is 676. The number of hydrogen-bond acceptors (Lipinski definition) is 4. The van der Waals surface area contributed by atoms with Crippen LogP contribution in [0.4, 0.5) is 20.6 Å². The fraction of sp³-hybridized carbons (Fsp3) is 0.0714. The van der Waals surface area contributed by atoms with E-state index >= 15 is 0 Å². The number of anilines is 2. The molecule has 1 aromatic heterocycles. The molecule has 0 spiro atoms. The van der Waals surface area contributed by atoms with E-state index in [-0.39, 0.29) is 5.56 Å². The van der Waals surface area contributed by atoms with Gasteiger partial charge in [-0.25, -0.2) is 9.78 Å². The van der Waals surface area contributed by atoms with E-state index in [0.717, 1.165) is 6.07 Å². The van der Waals surface area contributed by atoms with E-state index in [1.54, 1.807) is 24.3 Å². The number of ether oxygens (including phenoxy) is 1. The second-order valence-corrected chi connectivity index (χ2v) is 4.02. The molecule has 0 aliphatic rings. The topological polar surface area (TPSA) is 80.3 Å². The third-order valence-corrected chi connectivity index (χ3v) is 2.54. The molecule has 0 fully saturated rings. The predicted molar refractivity (Wildman–Crippen MR) is 74.6 cm³/mol.